The SMILES string of the molecule is Cc1ccc(CN2CCC(N(C)c3nccc(C(F)(F)F)n3)C2)s1. The monoisotopic (exact) mass is 356 g/mol. The third kappa shape index (κ3) is 3.87. The van der Waals surface area contributed by atoms with Crippen molar-refractivity contribution in [3.05, 3.63) is 39.8 Å². The number of rotatable bonds is 4. The van der Waals surface area contributed by atoms with Gasteiger partial charge >= 0.3 is 6.18 Å². The number of anilines is 1. The van der Waals surface area contributed by atoms with Crippen LogP contribution in [0.25, 0.3) is 0 Å². The highest BCUT2D eigenvalue weighted by Gasteiger charge is 2.34. The van der Waals surface area contributed by atoms with Gasteiger partial charge in [0.1, 0.15) is 5.69 Å². The Hall–Kier alpha value is -1.67. The normalized spacial score (nSPS) is 19.0. The molecule has 1 atom stereocenters. The molecule has 1 aliphatic heterocycles. The van der Waals surface area contributed by atoms with Crippen molar-refractivity contribution in [1.82, 2.24) is 14.9 Å². The Morgan fingerprint density at radius 2 is 2.12 bits per heavy atom. The van der Waals surface area contributed by atoms with E-state index < -0.39 is 11.9 Å². The highest BCUT2D eigenvalue weighted by Crippen LogP contribution is 2.29. The van der Waals surface area contributed by atoms with Crippen LogP contribution in [0.15, 0.2) is 24.4 Å². The van der Waals surface area contributed by atoms with Crippen LogP contribution in [-0.2, 0) is 12.7 Å². The fraction of sp³-hybridized carbons (Fsp3) is 0.500. The summed E-state index contributed by atoms with van der Waals surface area (Å²) in [5, 5.41) is 0. The lowest BCUT2D eigenvalue weighted by Gasteiger charge is -2.25. The summed E-state index contributed by atoms with van der Waals surface area (Å²) in [7, 11) is 1.76. The maximum Gasteiger partial charge on any atom is 0.433 e. The van der Waals surface area contributed by atoms with Gasteiger partial charge in [0.05, 0.1) is 0 Å². The molecule has 2 aromatic heterocycles. The Kier molecular flexibility index (Phi) is 4.78. The Balaban J connectivity index is 1.65. The number of alkyl halides is 3. The summed E-state index contributed by atoms with van der Waals surface area (Å²) in [5.41, 5.74) is -0.900. The molecule has 2 aromatic rings. The molecular weight excluding hydrogens is 337 g/mol. The lowest BCUT2D eigenvalue weighted by molar-refractivity contribution is -0.141. The number of likely N-dealkylation sites (N-methyl/N-ethyl adjacent to an activating group) is 1. The predicted octanol–water partition coefficient (Wildman–Crippen LogP) is 3.58. The first-order chi connectivity index (χ1) is 11.3. The number of nitrogens with zero attached hydrogens (tertiary/aromatic N) is 4. The topological polar surface area (TPSA) is 32.3 Å². The maximum atomic E-state index is 12.8. The summed E-state index contributed by atoms with van der Waals surface area (Å²) in [6.07, 6.45) is -2.39. The first kappa shape index (κ1) is 17.2. The molecule has 0 N–H and O–H groups in total. The van der Waals surface area contributed by atoms with Crippen molar-refractivity contribution in [2.24, 2.45) is 0 Å². The van der Waals surface area contributed by atoms with Crippen LogP contribution in [0.2, 0.25) is 0 Å². The molecule has 130 valence electrons. The molecule has 1 unspecified atom stereocenters. The van der Waals surface area contributed by atoms with Crippen molar-refractivity contribution in [2.75, 3.05) is 25.0 Å². The van der Waals surface area contributed by atoms with Crippen LogP contribution in [-0.4, -0.2) is 41.0 Å². The van der Waals surface area contributed by atoms with Crippen molar-refractivity contribution in [1.29, 1.82) is 0 Å². The summed E-state index contributed by atoms with van der Waals surface area (Å²) >= 11 is 1.78. The molecule has 3 rings (SSSR count). The molecule has 1 fully saturated rings. The number of aromatic nitrogens is 2. The molecule has 0 radical (unpaired) electrons. The van der Waals surface area contributed by atoms with E-state index in [1.165, 1.54) is 16.0 Å². The molecule has 1 saturated heterocycles. The highest BCUT2D eigenvalue weighted by atomic mass is 32.1. The van der Waals surface area contributed by atoms with Crippen molar-refractivity contribution >= 4 is 17.3 Å². The summed E-state index contributed by atoms with van der Waals surface area (Å²) < 4.78 is 38.4. The largest absolute Gasteiger partial charge is 0.433 e. The van der Waals surface area contributed by atoms with Crippen molar-refractivity contribution in [2.45, 2.75) is 32.1 Å². The van der Waals surface area contributed by atoms with Gasteiger partial charge in [0.15, 0.2) is 0 Å². The summed E-state index contributed by atoms with van der Waals surface area (Å²) in [6, 6.07) is 5.26. The van der Waals surface area contributed by atoms with Gasteiger partial charge in [0.25, 0.3) is 0 Å². The number of likely N-dealkylation sites (tertiary alicyclic amines) is 1. The standard InChI is InChI=1S/C16H19F3N4S/c1-11-3-4-13(24-11)10-23-8-6-12(9-23)22(2)15-20-7-5-14(21-15)16(17,18)19/h3-5,7,12H,6,8-10H2,1-2H3. The minimum Gasteiger partial charge on any atom is -0.340 e. The highest BCUT2D eigenvalue weighted by molar-refractivity contribution is 7.11. The van der Waals surface area contributed by atoms with E-state index in [4.69, 9.17) is 0 Å². The molecular formula is C16H19F3N4S. The number of halogens is 3. The molecule has 0 amide bonds. The smallest absolute Gasteiger partial charge is 0.340 e. The zero-order valence-corrected chi connectivity index (χ0v) is 14.4. The van der Waals surface area contributed by atoms with Gasteiger partial charge in [0, 0.05) is 48.7 Å². The molecule has 0 aliphatic carbocycles. The molecule has 4 nitrogen and oxygen atoms in total. The molecule has 0 saturated carbocycles. The van der Waals surface area contributed by atoms with Crippen LogP contribution < -0.4 is 4.90 Å². The second-order valence-electron chi connectivity index (χ2n) is 6.04. The zero-order chi connectivity index (χ0) is 17.3. The summed E-state index contributed by atoms with van der Waals surface area (Å²) in [6.45, 7) is 4.68. The lowest BCUT2D eigenvalue weighted by atomic mass is 10.2. The zero-order valence-electron chi connectivity index (χ0n) is 13.5. The molecule has 1 aliphatic rings. The third-order valence-corrected chi connectivity index (χ3v) is 5.20. The second-order valence-corrected chi connectivity index (χ2v) is 7.41. The molecule has 0 aromatic carbocycles. The molecule has 0 bridgehead atoms. The van der Waals surface area contributed by atoms with Gasteiger partial charge in [-0.1, -0.05) is 0 Å². The van der Waals surface area contributed by atoms with E-state index >= 15 is 0 Å². The third-order valence-electron chi connectivity index (χ3n) is 4.22. The Bertz CT molecular complexity index is 701. The van der Waals surface area contributed by atoms with Gasteiger partial charge in [-0.15, -0.1) is 11.3 Å². The second kappa shape index (κ2) is 6.68. The number of thiophene rings is 1. The van der Waals surface area contributed by atoms with Gasteiger partial charge in [-0.05, 0) is 31.5 Å². The number of hydrogen-bond acceptors (Lipinski definition) is 5. The Morgan fingerprint density at radius 1 is 1.33 bits per heavy atom. The lowest BCUT2D eigenvalue weighted by Crippen LogP contribution is -2.35. The van der Waals surface area contributed by atoms with Gasteiger partial charge in [0.2, 0.25) is 5.95 Å². The van der Waals surface area contributed by atoms with E-state index in [1.807, 2.05) is 0 Å². The fourth-order valence-electron chi connectivity index (χ4n) is 2.90. The number of aryl methyl sites for hydroxylation is 1. The van der Waals surface area contributed by atoms with Crippen LogP contribution in [0.1, 0.15) is 21.9 Å². The van der Waals surface area contributed by atoms with E-state index in [0.717, 1.165) is 32.1 Å². The van der Waals surface area contributed by atoms with E-state index in [9.17, 15) is 13.2 Å². The Morgan fingerprint density at radius 3 is 2.79 bits per heavy atom. The summed E-state index contributed by atoms with van der Waals surface area (Å²) in [4.78, 5) is 14.4. The van der Waals surface area contributed by atoms with Crippen LogP contribution in [0.4, 0.5) is 19.1 Å². The van der Waals surface area contributed by atoms with E-state index in [2.05, 4.69) is 33.9 Å². The molecule has 24 heavy (non-hydrogen) atoms. The van der Waals surface area contributed by atoms with Crippen molar-refractivity contribution in [3.8, 4) is 0 Å². The van der Waals surface area contributed by atoms with Gasteiger partial charge in [-0.3, -0.25) is 4.90 Å². The average Bonchev–Trinajstić information content (AvgIpc) is 3.15. The van der Waals surface area contributed by atoms with Crippen molar-refractivity contribution in [3.63, 3.8) is 0 Å². The number of hydrogen-bond donors (Lipinski definition) is 0. The molecule has 8 heteroatoms. The van der Waals surface area contributed by atoms with Crippen LogP contribution in [0.5, 0.6) is 0 Å². The first-order valence-corrected chi connectivity index (χ1v) is 8.55. The van der Waals surface area contributed by atoms with Crippen LogP contribution in [0, 0.1) is 6.92 Å². The van der Waals surface area contributed by atoms with Crippen LogP contribution in [0.3, 0.4) is 0 Å². The maximum absolute atomic E-state index is 12.8. The fourth-order valence-corrected chi connectivity index (χ4v) is 3.83. The van der Waals surface area contributed by atoms with Gasteiger partial charge in [-0.2, -0.15) is 13.2 Å². The van der Waals surface area contributed by atoms with Crippen LogP contribution >= 0.6 is 11.3 Å². The van der Waals surface area contributed by atoms with E-state index in [-0.39, 0.29) is 12.0 Å². The minimum absolute atomic E-state index is 0.120. The first-order valence-electron chi connectivity index (χ1n) is 7.73. The van der Waals surface area contributed by atoms with E-state index in [1.54, 1.807) is 23.3 Å². The quantitative estimate of drug-likeness (QED) is 0.838. The van der Waals surface area contributed by atoms with E-state index in [0.29, 0.717) is 0 Å². The van der Waals surface area contributed by atoms with Gasteiger partial charge in [-0.25, -0.2) is 9.97 Å². The summed E-state index contributed by atoms with van der Waals surface area (Å²) in [5.74, 6) is 0.128. The predicted molar refractivity (Wildman–Crippen MR) is 88.2 cm³/mol. The minimum atomic E-state index is -4.45. The molecule has 3 heterocycles. The van der Waals surface area contributed by atoms with Crippen molar-refractivity contribution < 1.29 is 13.2 Å². The average molecular weight is 356 g/mol. The Labute approximate surface area is 142 Å². The van der Waals surface area contributed by atoms with Gasteiger partial charge < -0.3 is 4.90 Å². The molecule has 0 spiro atoms.